The minimum absolute atomic E-state index is 0.747. The van der Waals surface area contributed by atoms with Crippen LogP contribution in [0.1, 0.15) is 63.9 Å². The molecule has 1 aliphatic rings. The predicted octanol–water partition coefficient (Wildman–Crippen LogP) is 7.06. The average molecular weight is 306 g/mol. The van der Waals surface area contributed by atoms with Crippen molar-refractivity contribution in [2.75, 3.05) is 0 Å². The molecule has 2 aromatic rings. The van der Waals surface area contributed by atoms with Gasteiger partial charge in [-0.2, -0.15) is 0 Å². The Bertz CT molecular complexity index is 590. The second kappa shape index (κ2) is 7.81. The van der Waals surface area contributed by atoms with Crippen LogP contribution in [0.5, 0.6) is 0 Å². The van der Waals surface area contributed by atoms with Gasteiger partial charge in [0.2, 0.25) is 0 Å². The molecule has 2 aromatic carbocycles. The van der Waals surface area contributed by atoms with Gasteiger partial charge in [-0.15, -0.1) is 0 Å². The molecule has 0 aliphatic heterocycles. The molecule has 1 atom stereocenters. The molecule has 0 saturated heterocycles. The van der Waals surface area contributed by atoms with Crippen LogP contribution in [-0.2, 0) is 0 Å². The molecule has 0 heteroatoms. The molecule has 0 heterocycles. The van der Waals surface area contributed by atoms with Crippen LogP contribution in [0.4, 0.5) is 0 Å². The van der Waals surface area contributed by atoms with Gasteiger partial charge in [-0.25, -0.2) is 0 Å². The Morgan fingerprint density at radius 2 is 1.52 bits per heavy atom. The maximum Gasteiger partial charge on any atom is -0.0149 e. The van der Waals surface area contributed by atoms with E-state index in [2.05, 4.69) is 68.4 Å². The van der Waals surface area contributed by atoms with Crippen LogP contribution in [0.2, 0.25) is 0 Å². The summed E-state index contributed by atoms with van der Waals surface area (Å²) in [4.78, 5) is 0. The van der Waals surface area contributed by atoms with E-state index in [1.165, 1.54) is 49.7 Å². The third-order valence-electron chi connectivity index (χ3n) is 5.81. The Morgan fingerprint density at radius 1 is 0.870 bits per heavy atom. The first-order chi connectivity index (χ1) is 11.3. The molecule has 122 valence electrons. The lowest BCUT2D eigenvalue weighted by molar-refractivity contribution is 0.235. The lowest BCUT2D eigenvalue weighted by atomic mass is 9.72. The summed E-state index contributed by atoms with van der Waals surface area (Å²) in [6.07, 6.45) is 8.28. The minimum atomic E-state index is 0.747. The molecule has 0 nitrogen and oxygen atoms in total. The van der Waals surface area contributed by atoms with Crippen molar-refractivity contribution in [3.05, 3.63) is 60.2 Å². The molecule has 0 spiro atoms. The third kappa shape index (κ3) is 3.86. The highest BCUT2D eigenvalue weighted by Gasteiger charge is 2.26. The molecule has 1 aliphatic carbocycles. The molecular formula is C23H30. The van der Waals surface area contributed by atoms with Gasteiger partial charge in [0.05, 0.1) is 0 Å². The molecule has 1 unspecified atom stereocenters. The molecule has 0 N–H and O–H groups in total. The molecule has 0 amide bonds. The van der Waals surface area contributed by atoms with E-state index < -0.39 is 0 Å². The van der Waals surface area contributed by atoms with Gasteiger partial charge in [0, 0.05) is 0 Å². The fraction of sp³-hybridized carbons (Fsp3) is 0.478. The van der Waals surface area contributed by atoms with Crippen LogP contribution in [-0.4, -0.2) is 0 Å². The molecule has 1 saturated carbocycles. The fourth-order valence-corrected chi connectivity index (χ4v) is 4.42. The summed E-state index contributed by atoms with van der Waals surface area (Å²) in [7, 11) is 0. The summed E-state index contributed by atoms with van der Waals surface area (Å²) in [5, 5.41) is 0. The van der Waals surface area contributed by atoms with E-state index in [0.717, 1.165) is 17.8 Å². The molecule has 0 radical (unpaired) electrons. The molecule has 0 bridgehead atoms. The zero-order valence-corrected chi connectivity index (χ0v) is 14.7. The Balaban J connectivity index is 1.74. The first kappa shape index (κ1) is 16.3. The highest BCUT2D eigenvalue weighted by Crippen LogP contribution is 2.42. The van der Waals surface area contributed by atoms with Crippen molar-refractivity contribution in [1.82, 2.24) is 0 Å². The number of hydrogen-bond donors (Lipinski definition) is 0. The van der Waals surface area contributed by atoms with Crippen LogP contribution in [0.15, 0.2) is 54.6 Å². The standard InChI is InChI=1S/C23H30/c1-3-9-18(2)19-14-16-21(17-15-19)23-13-8-7-12-22(23)20-10-5-4-6-11-20/h4-8,10-13,18-19,21H,3,9,14-17H2,1-2H3. The highest BCUT2D eigenvalue weighted by atomic mass is 14.3. The van der Waals surface area contributed by atoms with E-state index in [-0.39, 0.29) is 0 Å². The van der Waals surface area contributed by atoms with Gasteiger partial charge in [0.1, 0.15) is 0 Å². The van der Waals surface area contributed by atoms with Gasteiger partial charge in [0.15, 0.2) is 0 Å². The van der Waals surface area contributed by atoms with Gasteiger partial charge < -0.3 is 0 Å². The summed E-state index contributed by atoms with van der Waals surface area (Å²) >= 11 is 0. The molecule has 0 aromatic heterocycles. The van der Waals surface area contributed by atoms with Crippen LogP contribution in [0, 0.1) is 11.8 Å². The first-order valence-electron chi connectivity index (χ1n) is 9.44. The Hall–Kier alpha value is -1.56. The number of hydrogen-bond acceptors (Lipinski definition) is 0. The zero-order chi connectivity index (χ0) is 16.1. The van der Waals surface area contributed by atoms with Gasteiger partial charge in [-0.3, -0.25) is 0 Å². The largest absolute Gasteiger partial charge is 0.0654 e. The maximum atomic E-state index is 2.46. The SMILES string of the molecule is CCCC(C)C1CCC(c2ccccc2-c2ccccc2)CC1. The normalized spacial score (nSPS) is 22.7. The summed E-state index contributed by atoms with van der Waals surface area (Å²) < 4.78 is 0. The van der Waals surface area contributed by atoms with Gasteiger partial charge in [-0.05, 0) is 60.1 Å². The topological polar surface area (TPSA) is 0 Å². The minimum Gasteiger partial charge on any atom is -0.0654 e. The molecular weight excluding hydrogens is 276 g/mol. The van der Waals surface area contributed by atoms with Crippen molar-refractivity contribution in [2.24, 2.45) is 11.8 Å². The summed E-state index contributed by atoms with van der Waals surface area (Å²) in [6, 6.07) is 20.0. The number of benzene rings is 2. The van der Waals surface area contributed by atoms with E-state index in [0.29, 0.717) is 0 Å². The van der Waals surface area contributed by atoms with Crippen molar-refractivity contribution >= 4 is 0 Å². The summed E-state index contributed by atoms with van der Waals surface area (Å²) in [5.41, 5.74) is 4.38. The summed E-state index contributed by atoms with van der Waals surface area (Å²) in [6.45, 7) is 4.78. The maximum absolute atomic E-state index is 2.46. The van der Waals surface area contributed by atoms with Crippen molar-refractivity contribution in [3.63, 3.8) is 0 Å². The lowest BCUT2D eigenvalue weighted by Gasteiger charge is -2.33. The second-order valence-corrected chi connectivity index (χ2v) is 7.33. The van der Waals surface area contributed by atoms with E-state index in [1.807, 2.05) is 0 Å². The number of rotatable bonds is 5. The average Bonchev–Trinajstić information content (AvgIpc) is 2.63. The van der Waals surface area contributed by atoms with Crippen molar-refractivity contribution in [2.45, 2.75) is 58.3 Å². The quantitative estimate of drug-likeness (QED) is 0.554. The van der Waals surface area contributed by atoms with Crippen molar-refractivity contribution < 1.29 is 0 Å². The molecule has 3 rings (SSSR count). The Kier molecular flexibility index (Phi) is 5.54. The monoisotopic (exact) mass is 306 g/mol. The second-order valence-electron chi connectivity index (χ2n) is 7.33. The zero-order valence-electron chi connectivity index (χ0n) is 14.7. The summed E-state index contributed by atoms with van der Waals surface area (Å²) in [5.74, 6) is 2.61. The van der Waals surface area contributed by atoms with Crippen LogP contribution in [0.25, 0.3) is 11.1 Å². The fourth-order valence-electron chi connectivity index (χ4n) is 4.42. The lowest BCUT2D eigenvalue weighted by Crippen LogP contribution is -2.19. The van der Waals surface area contributed by atoms with E-state index in [9.17, 15) is 0 Å². The third-order valence-corrected chi connectivity index (χ3v) is 5.81. The van der Waals surface area contributed by atoms with Crippen molar-refractivity contribution in [1.29, 1.82) is 0 Å². The van der Waals surface area contributed by atoms with Crippen molar-refractivity contribution in [3.8, 4) is 11.1 Å². The highest BCUT2D eigenvalue weighted by molar-refractivity contribution is 5.68. The van der Waals surface area contributed by atoms with E-state index >= 15 is 0 Å². The molecule has 23 heavy (non-hydrogen) atoms. The Labute approximate surface area is 141 Å². The van der Waals surface area contributed by atoms with Gasteiger partial charge in [-0.1, -0.05) is 81.3 Å². The van der Waals surface area contributed by atoms with Crippen LogP contribution >= 0.6 is 0 Å². The van der Waals surface area contributed by atoms with E-state index in [4.69, 9.17) is 0 Å². The predicted molar refractivity (Wildman–Crippen MR) is 101 cm³/mol. The van der Waals surface area contributed by atoms with Gasteiger partial charge >= 0.3 is 0 Å². The van der Waals surface area contributed by atoms with Crippen LogP contribution < -0.4 is 0 Å². The first-order valence-corrected chi connectivity index (χ1v) is 9.44. The van der Waals surface area contributed by atoms with Crippen LogP contribution in [0.3, 0.4) is 0 Å². The van der Waals surface area contributed by atoms with E-state index in [1.54, 1.807) is 5.56 Å². The van der Waals surface area contributed by atoms with Gasteiger partial charge in [0.25, 0.3) is 0 Å². The Morgan fingerprint density at radius 3 is 2.22 bits per heavy atom. The molecule has 1 fully saturated rings. The smallest absolute Gasteiger partial charge is 0.0149 e.